The molecule has 0 radical (unpaired) electrons. The number of nitrogens with one attached hydrogen (secondary N) is 1. The van der Waals surface area contributed by atoms with E-state index in [-0.39, 0.29) is 24.0 Å². The van der Waals surface area contributed by atoms with Gasteiger partial charge in [0.1, 0.15) is 5.82 Å². The Kier molecular flexibility index (Phi) is 5.05. The van der Waals surface area contributed by atoms with Gasteiger partial charge in [0.25, 0.3) is 0 Å². The van der Waals surface area contributed by atoms with Crippen LogP contribution in [0.2, 0.25) is 0 Å². The lowest BCUT2D eigenvalue weighted by Crippen LogP contribution is -2.41. The molecule has 4 atom stereocenters. The fourth-order valence-corrected chi connectivity index (χ4v) is 4.24. The van der Waals surface area contributed by atoms with Crippen molar-refractivity contribution in [2.45, 2.75) is 38.5 Å². The zero-order valence-electron chi connectivity index (χ0n) is 13.6. The lowest BCUT2D eigenvalue weighted by molar-refractivity contribution is 0.0767. The third kappa shape index (κ3) is 3.17. The van der Waals surface area contributed by atoms with Crippen molar-refractivity contribution in [1.29, 1.82) is 0 Å². The molecule has 3 fully saturated rings. The molecule has 1 N–H and O–H groups in total. The first-order chi connectivity index (χ1) is 10.7. The van der Waals surface area contributed by atoms with E-state index in [1.807, 2.05) is 20.0 Å². The van der Waals surface area contributed by atoms with E-state index in [1.54, 1.807) is 6.20 Å². The van der Waals surface area contributed by atoms with Gasteiger partial charge in [0.15, 0.2) is 5.96 Å². The molecule has 7 heteroatoms. The van der Waals surface area contributed by atoms with Gasteiger partial charge in [-0.05, 0) is 25.8 Å². The molecular weight excluding hydrogens is 405 g/mol. The van der Waals surface area contributed by atoms with E-state index >= 15 is 0 Å². The molecule has 23 heavy (non-hydrogen) atoms. The summed E-state index contributed by atoms with van der Waals surface area (Å²) >= 11 is 0. The quantitative estimate of drug-likeness (QED) is 0.440. The van der Waals surface area contributed by atoms with Gasteiger partial charge in [-0.25, -0.2) is 9.97 Å². The number of guanidine groups is 1. The second kappa shape index (κ2) is 6.88. The van der Waals surface area contributed by atoms with Crippen LogP contribution in [0.4, 0.5) is 0 Å². The molecule has 3 saturated heterocycles. The zero-order valence-corrected chi connectivity index (χ0v) is 15.9. The van der Waals surface area contributed by atoms with Crippen molar-refractivity contribution < 1.29 is 4.74 Å². The Hall–Kier alpha value is -0.960. The number of likely N-dealkylation sites (tertiary alicyclic amines) is 1. The summed E-state index contributed by atoms with van der Waals surface area (Å²) in [6.07, 6.45) is 5.26. The van der Waals surface area contributed by atoms with Crippen LogP contribution in [0.5, 0.6) is 0 Å². The Balaban J connectivity index is 0.00000156. The number of rotatable bonds is 2. The average Bonchev–Trinajstić information content (AvgIpc) is 3.20. The van der Waals surface area contributed by atoms with Crippen molar-refractivity contribution in [3.63, 3.8) is 0 Å². The van der Waals surface area contributed by atoms with Gasteiger partial charge in [-0.3, -0.25) is 4.99 Å². The van der Waals surface area contributed by atoms with Crippen LogP contribution < -0.4 is 5.32 Å². The van der Waals surface area contributed by atoms with Crippen LogP contribution in [-0.4, -0.2) is 53.2 Å². The van der Waals surface area contributed by atoms with Crippen molar-refractivity contribution >= 4 is 29.9 Å². The molecular formula is C16H24IN5O. The monoisotopic (exact) mass is 429 g/mol. The minimum absolute atomic E-state index is 0. The molecule has 0 spiro atoms. The summed E-state index contributed by atoms with van der Waals surface area (Å²) < 4.78 is 6.04. The van der Waals surface area contributed by atoms with Gasteiger partial charge >= 0.3 is 0 Å². The van der Waals surface area contributed by atoms with Gasteiger partial charge in [-0.1, -0.05) is 0 Å². The molecule has 4 rings (SSSR count). The number of aromatic nitrogens is 2. The number of hydrogen-bond acceptors (Lipinski definition) is 4. The third-order valence-electron chi connectivity index (χ3n) is 5.23. The van der Waals surface area contributed by atoms with Crippen LogP contribution in [0.3, 0.4) is 0 Å². The van der Waals surface area contributed by atoms with E-state index < -0.39 is 0 Å². The highest BCUT2D eigenvalue weighted by molar-refractivity contribution is 14.0. The zero-order chi connectivity index (χ0) is 15.1. The molecule has 0 aromatic carbocycles. The third-order valence-corrected chi connectivity index (χ3v) is 5.23. The first-order valence-corrected chi connectivity index (χ1v) is 8.14. The van der Waals surface area contributed by atoms with Crippen molar-refractivity contribution in [3.05, 3.63) is 23.8 Å². The highest BCUT2D eigenvalue weighted by Gasteiger charge is 2.53. The van der Waals surface area contributed by atoms with Crippen molar-refractivity contribution in [2.24, 2.45) is 16.8 Å². The first kappa shape index (κ1) is 16.9. The molecule has 0 aliphatic carbocycles. The van der Waals surface area contributed by atoms with E-state index in [1.165, 1.54) is 12.8 Å². The Labute approximate surface area is 154 Å². The summed E-state index contributed by atoms with van der Waals surface area (Å²) in [5, 5.41) is 3.44. The van der Waals surface area contributed by atoms with E-state index in [9.17, 15) is 0 Å². The SMILES string of the molecule is CN=C(NCc1ccnc(C)n1)N1CC2C3CCC(O3)C2C1.I. The smallest absolute Gasteiger partial charge is 0.193 e. The van der Waals surface area contributed by atoms with Gasteiger partial charge in [0, 0.05) is 38.2 Å². The second-order valence-electron chi connectivity index (χ2n) is 6.52. The number of nitrogens with zero attached hydrogens (tertiary/aromatic N) is 4. The lowest BCUT2D eigenvalue weighted by Gasteiger charge is -2.23. The van der Waals surface area contributed by atoms with Crippen LogP contribution in [-0.2, 0) is 11.3 Å². The fraction of sp³-hybridized carbons (Fsp3) is 0.688. The van der Waals surface area contributed by atoms with Crippen LogP contribution >= 0.6 is 24.0 Å². The minimum atomic E-state index is 0. The lowest BCUT2D eigenvalue weighted by atomic mass is 9.82. The Morgan fingerprint density at radius 2 is 2.04 bits per heavy atom. The van der Waals surface area contributed by atoms with E-state index in [0.717, 1.165) is 30.6 Å². The summed E-state index contributed by atoms with van der Waals surface area (Å²) in [5.41, 5.74) is 0.997. The second-order valence-corrected chi connectivity index (χ2v) is 6.52. The maximum Gasteiger partial charge on any atom is 0.193 e. The molecule has 0 amide bonds. The molecule has 3 aliphatic rings. The number of fused-ring (bicyclic) bond motifs is 5. The molecule has 1 aromatic rings. The molecule has 2 bridgehead atoms. The first-order valence-electron chi connectivity index (χ1n) is 8.14. The van der Waals surface area contributed by atoms with Gasteiger partial charge in [-0.2, -0.15) is 0 Å². The maximum atomic E-state index is 6.04. The number of aliphatic imine (C=N–C) groups is 1. The summed E-state index contributed by atoms with van der Waals surface area (Å²) in [7, 11) is 1.85. The molecule has 4 heterocycles. The maximum absolute atomic E-state index is 6.04. The Morgan fingerprint density at radius 1 is 1.35 bits per heavy atom. The number of hydrogen-bond donors (Lipinski definition) is 1. The fourth-order valence-electron chi connectivity index (χ4n) is 4.24. The van der Waals surface area contributed by atoms with Gasteiger partial charge in [0.2, 0.25) is 0 Å². The van der Waals surface area contributed by atoms with Crippen molar-refractivity contribution in [2.75, 3.05) is 20.1 Å². The van der Waals surface area contributed by atoms with E-state index in [2.05, 4.69) is 25.2 Å². The molecule has 6 nitrogen and oxygen atoms in total. The van der Waals surface area contributed by atoms with Crippen LogP contribution in [0, 0.1) is 18.8 Å². The Morgan fingerprint density at radius 3 is 2.65 bits per heavy atom. The molecule has 1 aromatic heterocycles. The van der Waals surface area contributed by atoms with Gasteiger partial charge in [-0.15, -0.1) is 24.0 Å². The summed E-state index contributed by atoms with van der Waals surface area (Å²) in [5.74, 6) is 3.17. The highest BCUT2D eigenvalue weighted by Crippen LogP contribution is 2.47. The summed E-state index contributed by atoms with van der Waals surface area (Å²) in [6, 6.07) is 1.94. The summed E-state index contributed by atoms with van der Waals surface area (Å²) in [4.78, 5) is 15.4. The molecule has 3 aliphatic heterocycles. The predicted octanol–water partition coefficient (Wildman–Crippen LogP) is 1.59. The predicted molar refractivity (Wildman–Crippen MR) is 98.8 cm³/mol. The van der Waals surface area contributed by atoms with Crippen molar-refractivity contribution in [1.82, 2.24) is 20.2 Å². The molecule has 0 saturated carbocycles. The van der Waals surface area contributed by atoms with E-state index in [4.69, 9.17) is 4.74 Å². The normalized spacial score (nSPS) is 31.9. The van der Waals surface area contributed by atoms with Crippen molar-refractivity contribution in [3.8, 4) is 0 Å². The Bertz CT molecular complexity index is 578. The van der Waals surface area contributed by atoms with E-state index in [0.29, 0.717) is 30.6 Å². The number of ether oxygens (including phenoxy) is 1. The summed E-state index contributed by atoms with van der Waals surface area (Å²) in [6.45, 7) is 4.73. The highest BCUT2D eigenvalue weighted by atomic mass is 127. The molecule has 126 valence electrons. The van der Waals surface area contributed by atoms with Gasteiger partial charge < -0.3 is 15.0 Å². The van der Waals surface area contributed by atoms with Crippen LogP contribution in [0.25, 0.3) is 0 Å². The minimum Gasteiger partial charge on any atom is -0.374 e. The van der Waals surface area contributed by atoms with Crippen LogP contribution in [0.1, 0.15) is 24.4 Å². The van der Waals surface area contributed by atoms with Gasteiger partial charge in [0.05, 0.1) is 24.4 Å². The topological polar surface area (TPSA) is 62.6 Å². The standard InChI is InChI=1S/C16H23N5O.HI/c1-10-18-6-5-11(20-10)7-19-16(17-2)21-8-12-13(9-21)15-4-3-14(12)22-15;/h5-6,12-15H,3-4,7-9H2,1-2H3,(H,17,19);1H. The number of aryl methyl sites for hydroxylation is 1. The van der Waals surface area contributed by atoms with Crippen LogP contribution in [0.15, 0.2) is 17.3 Å². The number of halogens is 1. The largest absolute Gasteiger partial charge is 0.374 e. The molecule has 4 unspecified atom stereocenters. The average molecular weight is 429 g/mol.